The quantitative estimate of drug-likeness (QED) is 0.549. The number of hydrogen-bond donors (Lipinski definition) is 1. The minimum Gasteiger partial charge on any atom is -0.696 e. The van der Waals surface area contributed by atoms with Crippen LogP contribution in [0.3, 0.4) is 0 Å². The van der Waals surface area contributed by atoms with Gasteiger partial charge in [0, 0.05) is 26.2 Å². The van der Waals surface area contributed by atoms with Crippen molar-refractivity contribution in [2.45, 2.75) is 0 Å². The number of hydrogen-bond acceptors (Lipinski definition) is 3. The monoisotopic (exact) mass is 288 g/mol. The molecule has 0 atom stereocenters. The maximum Gasteiger partial charge on any atom is 0.0832 e. The van der Waals surface area contributed by atoms with E-state index in [4.69, 9.17) is 5.26 Å². The molecule has 0 aliphatic heterocycles. The summed E-state index contributed by atoms with van der Waals surface area (Å²) in [6.45, 7) is 0. The molecular formula is CH5Cl3N2OSZr. The third-order valence-electron chi connectivity index (χ3n) is 0. The van der Waals surface area contributed by atoms with E-state index in [1.165, 1.54) is 5.40 Å². The largest absolute Gasteiger partial charge is 0.696 e. The number of halogens is 3. The van der Waals surface area contributed by atoms with Crippen LogP contribution in [0.25, 0.3) is 0 Å². The first-order chi connectivity index (χ1) is 2.83. The molecule has 4 N–H and O–H groups in total. The van der Waals surface area contributed by atoms with Crippen molar-refractivity contribution < 1.29 is 30.0 Å². The van der Waals surface area contributed by atoms with Gasteiger partial charge in [0.05, 0.1) is 23.7 Å². The van der Waals surface area contributed by atoms with Crippen LogP contribution in [0.15, 0.2) is 0 Å². The van der Waals surface area contributed by atoms with Gasteiger partial charge in [-0.2, -0.15) is 3.84 Å². The van der Waals surface area contributed by atoms with Crippen molar-refractivity contribution in [3.8, 4) is 5.40 Å². The van der Waals surface area contributed by atoms with Gasteiger partial charge in [0.15, 0.2) is 0 Å². The molecule has 3 nitrogen and oxygen atoms in total. The van der Waals surface area contributed by atoms with Gasteiger partial charge in [-0.15, -0.1) is 12.4 Å². The first-order valence-electron chi connectivity index (χ1n) is 0.736. The van der Waals surface area contributed by atoms with E-state index in [0.717, 1.165) is 0 Å². The van der Waals surface area contributed by atoms with Gasteiger partial charge in [-0.05, 0) is 0 Å². The zero-order chi connectivity index (χ0) is 5.41. The summed E-state index contributed by atoms with van der Waals surface area (Å²) in [7, 11) is 0. The van der Waals surface area contributed by atoms with E-state index < -0.39 is 0 Å². The number of thiocyanates is 1. The first kappa shape index (κ1) is 31.5. The molecule has 0 bridgehead atoms. The van der Waals surface area contributed by atoms with Crippen molar-refractivity contribution in [1.82, 2.24) is 6.15 Å². The standard InChI is InChI=1S/CHNS.Cl2O.ClH.H3N.Zr/c2-1-3;1-3-2;;;/h3H;;1H;1H3;. The zero-order valence-electron chi connectivity index (χ0n) is 4.43. The van der Waals surface area contributed by atoms with Crippen molar-refractivity contribution in [3.63, 3.8) is 0 Å². The summed E-state index contributed by atoms with van der Waals surface area (Å²) >= 11 is 12.2. The Balaban J connectivity index is -0.00000000889. The number of quaternary nitrogens is 1. The molecule has 0 unspecified atom stereocenters. The molecule has 0 spiro atoms. The van der Waals surface area contributed by atoms with Crippen molar-refractivity contribution in [2.24, 2.45) is 0 Å². The van der Waals surface area contributed by atoms with E-state index in [2.05, 4.69) is 40.2 Å². The maximum absolute atomic E-state index is 7.13. The zero-order valence-corrected chi connectivity index (χ0v) is 10.0. The summed E-state index contributed by atoms with van der Waals surface area (Å²) in [5.74, 6) is 0. The first-order valence-corrected chi connectivity index (χ1v) is 1.76. The summed E-state index contributed by atoms with van der Waals surface area (Å²) in [6.07, 6.45) is 0. The Morgan fingerprint density at radius 2 is 1.44 bits per heavy atom. The fourth-order valence-electron chi connectivity index (χ4n) is 0. The van der Waals surface area contributed by atoms with Crippen LogP contribution in [-0.2, 0) is 42.7 Å². The van der Waals surface area contributed by atoms with Crippen LogP contribution in [0.5, 0.6) is 0 Å². The van der Waals surface area contributed by atoms with Crippen LogP contribution in [-0.4, -0.2) is 0 Å². The van der Waals surface area contributed by atoms with Gasteiger partial charge in [0.25, 0.3) is 0 Å². The van der Waals surface area contributed by atoms with Crippen LogP contribution in [0.1, 0.15) is 0 Å². The molecule has 0 saturated heterocycles. The Labute approximate surface area is 94.9 Å². The van der Waals surface area contributed by atoms with Crippen molar-refractivity contribution >= 4 is 48.8 Å². The van der Waals surface area contributed by atoms with Gasteiger partial charge >= 0.3 is 0 Å². The Kier molecular flexibility index (Phi) is 202. The molecule has 0 saturated carbocycles. The predicted octanol–water partition coefficient (Wildman–Crippen LogP) is 2.12. The number of nitrogens with zero attached hydrogens (tertiary/aromatic N) is 1. The number of rotatable bonds is 0. The fraction of sp³-hybridized carbons (Fsp3) is 0. The molecule has 9 heavy (non-hydrogen) atoms. The molecule has 0 radical (unpaired) electrons. The molecule has 0 fully saturated rings. The molecule has 0 heterocycles. The van der Waals surface area contributed by atoms with E-state index in [-0.39, 0.29) is 44.8 Å². The summed E-state index contributed by atoms with van der Waals surface area (Å²) in [5, 5.41) is 8.47. The molecule has 0 aliphatic rings. The Morgan fingerprint density at radius 1 is 1.44 bits per heavy atom. The van der Waals surface area contributed by atoms with Crippen molar-refractivity contribution in [2.75, 3.05) is 0 Å². The van der Waals surface area contributed by atoms with Gasteiger partial charge < -0.3 is 18.8 Å². The smallest absolute Gasteiger partial charge is 0.0832 e. The van der Waals surface area contributed by atoms with Crippen LogP contribution >= 0.6 is 36.1 Å². The van der Waals surface area contributed by atoms with Crippen LogP contribution in [0, 0.1) is 10.7 Å². The summed E-state index contributed by atoms with van der Waals surface area (Å²) in [5.41, 5.74) is 0. The van der Waals surface area contributed by atoms with Crippen LogP contribution < -0.4 is 6.15 Å². The topological polar surface area (TPSA) is 69.5 Å². The van der Waals surface area contributed by atoms with E-state index in [0.29, 0.717) is 0 Å². The fourth-order valence-corrected chi connectivity index (χ4v) is 0. The summed E-state index contributed by atoms with van der Waals surface area (Å²) < 4.78 is 3.19. The Bertz CT molecular complexity index is 51.6. The van der Waals surface area contributed by atoms with Gasteiger partial charge in [-0.3, -0.25) is 0 Å². The Hall–Kier alpha value is 1.38. The minimum atomic E-state index is 0. The van der Waals surface area contributed by atoms with Crippen LogP contribution in [0.2, 0.25) is 0 Å². The van der Waals surface area contributed by atoms with Gasteiger partial charge in [0.2, 0.25) is 0 Å². The summed E-state index contributed by atoms with van der Waals surface area (Å²) in [4.78, 5) is 0. The van der Waals surface area contributed by atoms with Gasteiger partial charge in [-0.1, -0.05) is 5.40 Å². The molecule has 0 aromatic carbocycles. The van der Waals surface area contributed by atoms with Crippen LogP contribution in [0.4, 0.5) is 0 Å². The minimum absolute atomic E-state index is 0. The average Bonchev–Trinajstić information content (AvgIpc) is 1.39. The molecular weight excluding hydrogens is 286 g/mol. The molecule has 0 aromatic rings. The molecule has 0 rings (SSSR count). The van der Waals surface area contributed by atoms with Crippen molar-refractivity contribution in [3.05, 3.63) is 0 Å². The second kappa shape index (κ2) is 57.6. The van der Waals surface area contributed by atoms with Gasteiger partial charge in [0.1, 0.15) is 0 Å². The normalized spacial score (nSPS) is 2.78. The molecule has 0 amide bonds. The van der Waals surface area contributed by atoms with E-state index in [9.17, 15) is 0 Å². The van der Waals surface area contributed by atoms with E-state index >= 15 is 0 Å². The second-order valence-electron chi connectivity index (χ2n) is 0.150. The molecule has 0 aromatic heterocycles. The second-order valence-corrected chi connectivity index (χ2v) is 0.799. The maximum atomic E-state index is 7.13. The third kappa shape index (κ3) is 267. The number of nitriles is 1. The molecule has 56 valence electrons. The third-order valence-corrected chi connectivity index (χ3v) is 0. The Morgan fingerprint density at radius 3 is 1.44 bits per heavy atom. The predicted molar refractivity (Wildman–Crippen MR) is 39.0 cm³/mol. The average molecular weight is 291 g/mol. The van der Waals surface area contributed by atoms with E-state index in [1.54, 1.807) is 0 Å². The SMILES string of the molecule is Cl.ClOCl.N#C[S-].[NH4+].[Zr]. The van der Waals surface area contributed by atoms with Crippen molar-refractivity contribution in [1.29, 1.82) is 5.26 Å². The summed E-state index contributed by atoms with van der Waals surface area (Å²) in [6, 6.07) is 0. The molecule has 0 aliphatic carbocycles. The van der Waals surface area contributed by atoms with E-state index in [1.807, 2.05) is 0 Å². The van der Waals surface area contributed by atoms with Gasteiger partial charge in [-0.25, -0.2) is 5.26 Å². The molecule has 8 heteroatoms.